The second-order valence-corrected chi connectivity index (χ2v) is 4.12. The monoisotopic (exact) mass is 225 g/mol. The molecule has 0 aromatic heterocycles. The quantitative estimate of drug-likeness (QED) is 0.803. The van der Waals surface area contributed by atoms with E-state index in [-0.39, 0.29) is 11.9 Å². The molecule has 0 heterocycles. The minimum Gasteiger partial charge on any atom is -0.385 e. The predicted molar refractivity (Wildman–Crippen MR) is 63.9 cm³/mol. The first kappa shape index (κ1) is 13.1. The summed E-state index contributed by atoms with van der Waals surface area (Å²) in [7, 11) is 1.70. The van der Waals surface area contributed by atoms with E-state index in [2.05, 4.69) is 19.2 Å². The minimum atomic E-state index is -0.191. The van der Waals surface area contributed by atoms with Gasteiger partial charge in [-0.05, 0) is 38.0 Å². The molecule has 2 atom stereocenters. The molecule has 0 aliphatic heterocycles. The fourth-order valence-corrected chi connectivity index (χ4v) is 1.65. The molecule has 1 unspecified atom stereocenters. The Morgan fingerprint density at radius 3 is 2.44 bits per heavy atom. The molecular formula is C13H20FNO. The number of benzene rings is 1. The molecule has 1 aromatic carbocycles. The van der Waals surface area contributed by atoms with E-state index in [1.807, 2.05) is 12.1 Å². The normalized spacial score (nSPS) is 14.8. The first-order chi connectivity index (χ1) is 7.63. The number of nitrogens with one attached hydrogen (secondary N) is 1. The molecule has 1 aromatic rings. The summed E-state index contributed by atoms with van der Waals surface area (Å²) in [5.41, 5.74) is 1.10. The third-order valence-corrected chi connectivity index (χ3v) is 2.66. The van der Waals surface area contributed by atoms with Gasteiger partial charge in [0.15, 0.2) is 0 Å². The zero-order chi connectivity index (χ0) is 12.0. The van der Waals surface area contributed by atoms with Gasteiger partial charge in [-0.15, -0.1) is 0 Å². The fourth-order valence-electron chi connectivity index (χ4n) is 1.65. The van der Waals surface area contributed by atoms with E-state index < -0.39 is 0 Å². The summed E-state index contributed by atoms with van der Waals surface area (Å²) in [5, 5.41) is 3.45. The first-order valence-corrected chi connectivity index (χ1v) is 5.64. The highest BCUT2D eigenvalue weighted by atomic mass is 19.1. The second kappa shape index (κ2) is 6.61. The lowest BCUT2D eigenvalue weighted by molar-refractivity contribution is 0.183. The maximum absolute atomic E-state index is 12.7. The zero-order valence-corrected chi connectivity index (χ0v) is 10.2. The molecule has 0 saturated heterocycles. The van der Waals surface area contributed by atoms with Gasteiger partial charge in [0.25, 0.3) is 0 Å². The molecule has 1 N–H and O–H groups in total. The van der Waals surface area contributed by atoms with Crippen LogP contribution in [0.2, 0.25) is 0 Å². The Balaban J connectivity index is 2.45. The molecule has 0 spiro atoms. The van der Waals surface area contributed by atoms with Gasteiger partial charge in [-0.2, -0.15) is 0 Å². The number of rotatable bonds is 6. The highest BCUT2D eigenvalue weighted by Gasteiger charge is 2.08. The van der Waals surface area contributed by atoms with Crippen molar-refractivity contribution in [3.8, 4) is 0 Å². The van der Waals surface area contributed by atoms with E-state index in [0.717, 1.165) is 18.6 Å². The number of halogens is 1. The Bertz CT molecular complexity index is 299. The van der Waals surface area contributed by atoms with Crippen molar-refractivity contribution < 1.29 is 9.13 Å². The van der Waals surface area contributed by atoms with E-state index in [9.17, 15) is 4.39 Å². The van der Waals surface area contributed by atoms with Gasteiger partial charge in [-0.3, -0.25) is 0 Å². The summed E-state index contributed by atoms with van der Waals surface area (Å²) >= 11 is 0. The highest BCUT2D eigenvalue weighted by molar-refractivity contribution is 5.19. The number of methoxy groups -OCH3 is 1. The van der Waals surface area contributed by atoms with Crippen LogP contribution < -0.4 is 5.32 Å². The van der Waals surface area contributed by atoms with Gasteiger partial charge in [0, 0.05) is 25.8 Å². The zero-order valence-electron chi connectivity index (χ0n) is 10.2. The molecule has 0 aliphatic rings. The van der Waals surface area contributed by atoms with Crippen LogP contribution in [0.4, 0.5) is 4.39 Å². The molecule has 2 nitrogen and oxygen atoms in total. The van der Waals surface area contributed by atoms with Crippen LogP contribution in [0.1, 0.15) is 31.9 Å². The average Bonchev–Trinajstić information content (AvgIpc) is 2.27. The van der Waals surface area contributed by atoms with E-state index in [4.69, 9.17) is 4.74 Å². The third kappa shape index (κ3) is 4.29. The third-order valence-electron chi connectivity index (χ3n) is 2.66. The Hall–Kier alpha value is -0.930. The van der Waals surface area contributed by atoms with Crippen LogP contribution in [0.15, 0.2) is 24.3 Å². The van der Waals surface area contributed by atoms with Crippen LogP contribution in [-0.4, -0.2) is 19.8 Å². The van der Waals surface area contributed by atoms with Crippen molar-refractivity contribution in [2.75, 3.05) is 13.7 Å². The van der Waals surface area contributed by atoms with Gasteiger partial charge >= 0.3 is 0 Å². The average molecular weight is 225 g/mol. The Morgan fingerprint density at radius 2 is 1.88 bits per heavy atom. The van der Waals surface area contributed by atoms with E-state index >= 15 is 0 Å². The summed E-state index contributed by atoms with van der Waals surface area (Å²) in [6.45, 7) is 4.96. The van der Waals surface area contributed by atoms with Crippen molar-refractivity contribution in [3.05, 3.63) is 35.6 Å². The van der Waals surface area contributed by atoms with E-state index in [1.165, 1.54) is 12.1 Å². The Kier molecular flexibility index (Phi) is 5.43. The molecule has 0 amide bonds. The molecule has 1 rings (SSSR count). The minimum absolute atomic E-state index is 0.191. The number of hydrogen-bond acceptors (Lipinski definition) is 2. The molecule has 0 saturated carbocycles. The molecule has 0 radical (unpaired) electrons. The van der Waals surface area contributed by atoms with Crippen LogP contribution in [0.3, 0.4) is 0 Å². The SMILES string of the molecule is COCCC(C)N[C@H](C)c1ccc(F)cc1. The van der Waals surface area contributed by atoms with Crippen molar-refractivity contribution in [1.82, 2.24) is 5.32 Å². The van der Waals surface area contributed by atoms with Crippen LogP contribution in [0.5, 0.6) is 0 Å². The fraction of sp³-hybridized carbons (Fsp3) is 0.538. The van der Waals surface area contributed by atoms with Gasteiger partial charge in [-0.25, -0.2) is 4.39 Å². The molecule has 0 aliphatic carbocycles. The maximum atomic E-state index is 12.7. The number of ether oxygens (including phenoxy) is 1. The summed E-state index contributed by atoms with van der Waals surface area (Å²) in [5.74, 6) is -0.191. The van der Waals surface area contributed by atoms with Crippen molar-refractivity contribution in [2.24, 2.45) is 0 Å². The van der Waals surface area contributed by atoms with E-state index in [0.29, 0.717) is 6.04 Å². The van der Waals surface area contributed by atoms with Gasteiger partial charge < -0.3 is 10.1 Å². The largest absolute Gasteiger partial charge is 0.385 e. The second-order valence-electron chi connectivity index (χ2n) is 4.12. The topological polar surface area (TPSA) is 21.3 Å². The molecule has 0 fully saturated rings. The maximum Gasteiger partial charge on any atom is 0.123 e. The standard InChI is InChI=1S/C13H20FNO/c1-10(8-9-16-3)15-11(2)12-4-6-13(14)7-5-12/h4-7,10-11,15H,8-9H2,1-3H3/t10?,11-/m1/s1. The lowest BCUT2D eigenvalue weighted by Gasteiger charge is -2.20. The van der Waals surface area contributed by atoms with Crippen molar-refractivity contribution in [2.45, 2.75) is 32.4 Å². The molecule has 90 valence electrons. The van der Waals surface area contributed by atoms with Crippen molar-refractivity contribution in [1.29, 1.82) is 0 Å². The first-order valence-electron chi connectivity index (χ1n) is 5.64. The van der Waals surface area contributed by atoms with Crippen LogP contribution in [-0.2, 0) is 4.74 Å². The summed E-state index contributed by atoms with van der Waals surface area (Å²) in [6, 6.07) is 7.24. The van der Waals surface area contributed by atoms with Crippen molar-refractivity contribution >= 4 is 0 Å². The molecule has 3 heteroatoms. The Morgan fingerprint density at radius 1 is 1.25 bits per heavy atom. The highest BCUT2D eigenvalue weighted by Crippen LogP contribution is 2.14. The van der Waals surface area contributed by atoms with Crippen molar-refractivity contribution in [3.63, 3.8) is 0 Å². The Labute approximate surface area is 96.8 Å². The summed E-state index contributed by atoms with van der Waals surface area (Å²) in [6.07, 6.45) is 0.974. The van der Waals surface area contributed by atoms with Crippen LogP contribution in [0.25, 0.3) is 0 Å². The van der Waals surface area contributed by atoms with Crippen LogP contribution in [0, 0.1) is 5.82 Å². The lowest BCUT2D eigenvalue weighted by atomic mass is 10.1. The molecule has 0 bridgehead atoms. The molecular weight excluding hydrogens is 205 g/mol. The lowest BCUT2D eigenvalue weighted by Crippen LogP contribution is -2.29. The summed E-state index contributed by atoms with van der Waals surface area (Å²) in [4.78, 5) is 0. The number of hydrogen-bond donors (Lipinski definition) is 1. The molecule has 16 heavy (non-hydrogen) atoms. The smallest absolute Gasteiger partial charge is 0.123 e. The van der Waals surface area contributed by atoms with E-state index in [1.54, 1.807) is 7.11 Å². The predicted octanol–water partition coefficient (Wildman–Crippen LogP) is 2.90. The summed E-state index contributed by atoms with van der Waals surface area (Å²) < 4.78 is 17.8. The van der Waals surface area contributed by atoms with Gasteiger partial charge in [0.2, 0.25) is 0 Å². The van der Waals surface area contributed by atoms with Gasteiger partial charge in [-0.1, -0.05) is 12.1 Å². The van der Waals surface area contributed by atoms with Crippen LogP contribution >= 0.6 is 0 Å². The van der Waals surface area contributed by atoms with Gasteiger partial charge in [0.05, 0.1) is 0 Å². The van der Waals surface area contributed by atoms with Gasteiger partial charge in [0.1, 0.15) is 5.82 Å².